The Hall–Kier alpha value is -2.62. The van der Waals surface area contributed by atoms with E-state index in [1.165, 1.54) is 5.56 Å². The Morgan fingerprint density at radius 1 is 1.05 bits per heavy atom. The van der Waals surface area contributed by atoms with Gasteiger partial charge in [-0.05, 0) is 17.7 Å². The largest absolute Gasteiger partial charge is 0.348 e. The third-order valence-corrected chi connectivity index (χ3v) is 3.73. The van der Waals surface area contributed by atoms with Crippen molar-refractivity contribution in [1.82, 2.24) is 14.5 Å². The lowest BCUT2D eigenvalue weighted by Gasteiger charge is -2.12. The van der Waals surface area contributed by atoms with Gasteiger partial charge in [-0.25, -0.2) is 4.98 Å². The van der Waals surface area contributed by atoms with E-state index in [4.69, 9.17) is 0 Å². The Labute approximate surface area is 130 Å². The summed E-state index contributed by atoms with van der Waals surface area (Å²) in [5, 5.41) is 0. The molecule has 0 N–H and O–H groups in total. The molecular formula is C18H19N3O. The highest BCUT2D eigenvalue weighted by Gasteiger charge is 2.15. The van der Waals surface area contributed by atoms with E-state index in [9.17, 15) is 4.79 Å². The summed E-state index contributed by atoms with van der Waals surface area (Å²) in [5.41, 5.74) is 3.19. The summed E-state index contributed by atoms with van der Waals surface area (Å²) in [6, 6.07) is 18.3. The van der Waals surface area contributed by atoms with Gasteiger partial charge in [-0.3, -0.25) is 4.79 Å². The van der Waals surface area contributed by atoms with Crippen molar-refractivity contribution in [2.45, 2.75) is 13.0 Å². The van der Waals surface area contributed by atoms with Crippen molar-refractivity contribution in [3.8, 4) is 0 Å². The summed E-state index contributed by atoms with van der Waals surface area (Å²) in [6.07, 6.45) is 0.314. The summed E-state index contributed by atoms with van der Waals surface area (Å²) in [6.45, 7) is 0.720. The Morgan fingerprint density at radius 3 is 2.45 bits per heavy atom. The van der Waals surface area contributed by atoms with Crippen LogP contribution in [-0.4, -0.2) is 34.5 Å². The monoisotopic (exact) mass is 293 g/mol. The molecule has 0 radical (unpaired) electrons. The van der Waals surface area contributed by atoms with Crippen LogP contribution in [0.4, 0.5) is 0 Å². The Bertz CT molecular complexity index is 790. The Morgan fingerprint density at radius 2 is 1.73 bits per heavy atom. The lowest BCUT2D eigenvalue weighted by molar-refractivity contribution is -0.128. The number of amides is 1. The van der Waals surface area contributed by atoms with Crippen LogP contribution in [0.15, 0.2) is 54.6 Å². The average Bonchev–Trinajstić information content (AvgIpc) is 2.86. The van der Waals surface area contributed by atoms with E-state index in [0.29, 0.717) is 6.42 Å². The summed E-state index contributed by atoms with van der Waals surface area (Å²) < 4.78 is 2.13. The van der Waals surface area contributed by atoms with Crippen molar-refractivity contribution in [2.75, 3.05) is 14.1 Å². The third kappa shape index (κ3) is 2.86. The minimum absolute atomic E-state index is 0.0598. The zero-order valence-electron chi connectivity index (χ0n) is 12.9. The lowest BCUT2D eigenvalue weighted by Crippen LogP contribution is -2.25. The Balaban J connectivity index is 2.03. The molecule has 2 aromatic carbocycles. The molecule has 1 heterocycles. The molecule has 112 valence electrons. The highest BCUT2D eigenvalue weighted by molar-refractivity contribution is 5.81. The zero-order chi connectivity index (χ0) is 15.5. The van der Waals surface area contributed by atoms with Crippen LogP contribution in [0.25, 0.3) is 11.0 Å². The van der Waals surface area contributed by atoms with Crippen molar-refractivity contribution in [2.24, 2.45) is 0 Å². The first-order valence-corrected chi connectivity index (χ1v) is 7.33. The van der Waals surface area contributed by atoms with Gasteiger partial charge in [0.1, 0.15) is 5.82 Å². The molecule has 0 atom stereocenters. The van der Waals surface area contributed by atoms with Crippen LogP contribution in [0, 0.1) is 0 Å². The molecule has 0 unspecified atom stereocenters. The van der Waals surface area contributed by atoms with Crippen LogP contribution in [0.2, 0.25) is 0 Å². The molecule has 0 aliphatic carbocycles. The van der Waals surface area contributed by atoms with Crippen molar-refractivity contribution in [3.05, 3.63) is 66.0 Å². The molecule has 0 bridgehead atoms. The van der Waals surface area contributed by atoms with Crippen molar-refractivity contribution in [1.29, 1.82) is 0 Å². The topological polar surface area (TPSA) is 38.1 Å². The number of nitrogens with zero attached hydrogens (tertiary/aromatic N) is 3. The highest BCUT2D eigenvalue weighted by Crippen LogP contribution is 2.18. The van der Waals surface area contributed by atoms with Gasteiger partial charge in [0.25, 0.3) is 0 Å². The number of hydrogen-bond donors (Lipinski definition) is 0. The lowest BCUT2D eigenvalue weighted by atomic mass is 10.2. The molecule has 0 saturated heterocycles. The van der Waals surface area contributed by atoms with Crippen LogP contribution in [-0.2, 0) is 17.8 Å². The van der Waals surface area contributed by atoms with Crippen LogP contribution in [0.3, 0.4) is 0 Å². The summed E-state index contributed by atoms with van der Waals surface area (Å²) >= 11 is 0. The number of aromatic nitrogens is 2. The van der Waals surface area contributed by atoms with Gasteiger partial charge in [-0.1, -0.05) is 42.5 Å². The molecule has 22 heavy (non-hydrogen) atoms. The fourth-order valence-corrected chi connectivity index (χ4v) is 2.50. The Kier molecular flexibility index (Phi) is 3.92. The number of carbonyl (C=O) groups is 1. The highest BCUT2D eigenvalue weighted by atomic mass is 16.2. The van der Waals surface area contributed by atoms with Crippen LogP contribution < -0.4 is 0 Å². The molecule has 1 amide bonds. The first kappa shape index (κ1) is 14.3. The SMILES string of the molecule is CN(C)C(=O)Cc1nc2ccccc2n1Cc1ccccc1. The molecule has 0 aliphatic heterocycles. The second-order valence-corrected chi connectivity index (χ2v) is 5.55. The van der Waals surface area contributed by atoms with E-state index in [2.05, 4.69) is 27.8 Å². The zero-order valence-corrected chi connectivity index (χ0v) is 12.9. The van der Waals surface area contributed by atoms with Gasteiger partial charge < -0.3 is 9.47 Å². The van der Waals surface area contributed by atoms with Crippen molar-refractivity contribution in [3.63, 3.8) is 0 Å². The number of carbonyl (C=O) groups excluding carboxylic acids is 1. The van der Waals surface area contributed by atoms with Gasteiger partial charge in [0.2, 0.25) is 5.91 Å². The fraction of sp³-hybridized carbons (Fsp3) is 0.222. The third-order valence-electron chi connectivity index (χ3n) is 3.73. The van der Waals surface area contributed by atoms with E-state index < -0.39 is 0 Å². The van der Waals surface area contributed by atoms with Crippen LogP contribution in [0.1, 0.15) is 11.4 Å². The van der Waals surface area contributed by atoms with Gasteiger partial charge in [-0.15, -0.1) is 0 Å². The predicted molar refractivity (Wildman–Crippen MR) is 87.7 cm³/mol. The van der Waals surface area contributed by atoms with Crippen molar-refractivity contribution < 1.29 is 4.79 Å². The second-order valence-electron chi connectivity index (χ2n) is 5.55. The molecular weight excluding hydrogens is 274 g/mol. The van der Waals surface area contributed by atoms with E-state index in [1.807, 2.05) is 36.4 Å². The predicted octanol–water partition coefficient (Wildman–Crippen LogP) is 2.72. The second kappa shape index (κ2) is 6.02. The summed E-state index contributed by atoms with van der Waals surface area (Å²) in [5.74, 6) is 0.869. The average molecular weight is 293 g/mol. The standard InChI is InChI=1S/C18H19N3O/c1-20(2)18(22)12-17-19-15-10-6-7-11-16(15)21(17)13-14-8-4-3-5-9-14/h3-11H,12-13H2,1-2H3. The van der Waals surface area contributed by atoms with Crippen molar-refractivity contribution >= 4 is 16.9 Å². The summed E-state index contributed by atoms with van der Waals surface area (Å²) in [7, 11) is 3.54. The van der Waals surface area contributed by atoms with E-state index in [1.54, 1.807) is 19.0 Å². The molecule has 0 saturated carbocycles. The number of imidazole rings is 1. The molecule has 1 aromatic heterocycles. The fourth-order valence-electron chi connectivity index (χ4n) is 2.50. The first-order valence-electron chi connectivity index (χ1n) is 7.33. The first-order chi connectivity index (χ1) is 10.6. The normalized spacial score (nSPS) is 10.8. The van der Waals surface area contributed by atoms with Gasteiger partial charge in [0.05, 0.1) is 17.5 Å². The van der Waals surface area contributed by atoms with E-state index in [0.717, 1.165) is 23.4 Å². The van der Waals surface area contributed by atoms with Gasteiger partial charge in [0.15, 0.2) is 0 Å². The number of likely N-dealkylation sites (N-methyl/N-ethyl adjacent to an activating group) is 1. The van der Waals surface area contributed by atoms with E-state index >= 15 is 0 Å². The van der Waals surface area contributed by atoms with Gasteiger partial charge in [0, 0.05) is 20.6 Å². The molecule has 0 aliphatic rings. The molecule has 0 fully saturated rings. The molecule has 3 aromatic rings. The van der Waals surface area contributed by atoms with Gasteiger partial charge in [-0.2, -0.15) is 0 Å². The quantitative estimate of drug-likeness (QED) is 0.742. The number of hydrogen-bond acceptors (Lipinski definition) is 2. The van der Waals surface area contributed by atoms with Gasteiger partial charge >= 0.3 is 0 Å². The number of fused-ring (bicyclic) bond motifs is 1. The van der Waals surface area contributed by atoms with E-state index in [-0.39, 0.29) is 5.91 Å². The molecule has 0 spiro atoms. The minimum atomic E-state index is 0.0598. The molecule has 4 heteroatoms. The van der Waals surface area contributed by atoms with Crippen LogP contribution in [0.5, 0.6) is 0 Å². The smallest absolute Gasteiger partial charge is 0.229 e. The minimum Gasteiger partial charge on any atom is -0.348 e. The maximum atomic E-state index is 12.1. The van der Waals surface area contributed by atoms with Crippen LogP contribution >= 0.6 is 0 Å². The molecule has 3 rings (SSSR count). The molecule has 4 nitrogen and oxygen atoms in total. The maximum absolute atomic E-state index is 12.1. The number of benzene rings is 2. The summed E-state index contributed by atoms with van der Waals surface area (Å²) in [4.78, 5) is 18.3. The number of para-hydroxylation sites is 2. The maximum Gasteiger partial charge on any atom is 0.229 e. The number of rotatable bonds is 4.